The van der Waals surface area contributed by atoms with E-state index in [0.29, 0.717) is 18.8 Å². The molecule has 3 N–H and O–H groups in total. The highest BCUT2D eigenvalue weighted by atomic mass is 16.3. The highest BCUT2D eigenvalue weighted by Crippen LogP contribution is 2.27. The Balaban J connectivity index is 2.38. The first kappa shape index (κ1) is 18.9. The van der Waals surface area contributed by atoms with Gasteiger partial charge in [-0.3, -0.25) is 9.59 Å². The lowest BCUT2D eigenvalue weighted by atomic mass is 9.82. The van der Waals surface area contributed by atoms with Crippen LogP contribution in [0.1, 0.15) is 65.7 Å². The lowest BCUT2D eigenvalue weighted by Crippen LogP contribution is -2.46. The molecule has 1 aliphatic carbocycles. The van der Waals surface area contributed by atoms with Crippen molar-refractivity contribution in [2.75, 3.05) is 13.2 Å². The highest BCUT2D eigenvalue weighted by molar-refractivity contribution is 5.85. The van der Waals surface area contributed by atoms with Gasteiger partial charge in [-0.05, 0) is 30.6 Å². The average molecular weight is 312 g/mol. The smallest absolute Gasteiger partial charge is 0.239 e. The summed E-state index contributed by atoms with van der Waals surface area (Å²) in [5, 5.41) is 14.9. The van der Waals surface area contributed by atoms with E-state index in [9.17, 15) is 14.7 Å². The number of carbonyl (C=O) groups is 2. The summed E-state index contributed by atoms with van der Waals surface area (Å²) < 4.78 is 0. The van der Waals surface area contributed by atoms with E-state index < -0.39 is 0 Å². The van der Waals surface area contributed by atoms with E-state index >= 15 is 0 Å². The van der Waals surface area contributed by atoms with Gasteiger partial charge in [0.25, 0.3) is 0 Å². The minimum Gasteiger partial charge on any atom is -0.396 e. The van der Waals surface area contributed by atoms with Gasteiger partial charge in [0, 0.05) is 19.1 Å². The molecule has 0 aromatic rings. The molecule has 2 amide bonds. The number of carbonyl (C=O) groups excluding carboxylic acids is 2. The van der Waals surface area contributed by atoms with Crippen LogP contribution in [0.5, 0.6) is 0 Å². The zero-order valence-electron chi connectivity index (χ0n) is 14.3. The van der Waals surface area contributed by atoms with Crippen molar-refractivity contribution in [2.24, 2.45) is 11.3 Å². The van der Waals surface area contributed by atoms with Crippen LogP contribution in [0.4, 0.5) is 0 Å². The van der Waals surface area contributed by atoms with Gasteiger partial charge < -0.3 is 15.7 Å². The predicted octanol–water partition coefficient (Wildman–Crippen LogP) is 1.99. The minimum atomic E-state index is -0.161. The molecule has 1 rings (SSSR count). The lowest BCUT2D eigenvalue weighted by molar-refractivity contribution is -0.127. The molecule has 5 nitrogen and oxygen atoms in total. The van der Waals surface area contributed by atoms with E-state index in [-0.39, 0.29) is 36.4 Å². The van der Waals surface area contributed by atoms with Gasteiger partial charge in [0.2, 0.25) is 11.8 Å². The number of nitrogens with one attached hydrogen (secondary N) is 2. The van der Waals surface area contributed by atoms with Crippen LogP contribution in [0.3, 0.4) is 0 Å². The van der Waals surface area contributed by atoms with Gasteiger partial charge in [-0.25, -0.2) is 0 Å². The maximum Gasteiger partial charge on any atom is 0.239 e. The number of hydrogen-bond acceptors (Lipinski definition) is 3. The van der Waals surface area contributed by atoms with Gasteiger partial charge in [-0.1, -0.05) is 40.0 Å². The largest absolute Gasteiger partial charge is 0.396 e. The third-order valence-corrected chi connectivity index (χ3v) is 4.14. The Morgan fingerprint density at radius 1 is 1.14 bits per heavy atom. The maximum absolute atomic E-state index is 12.0. The summed E-state index contributed by atoms with van der Waals surface area (Å²) in [7, 11) is 0. The molecule has 0 aromatic carbocycles. The van der Waals surface area contributed by atoms with Crippen LogP contribution in [-0.4, -0.2) is 36.1 Å². The topological polar surface area (TPSA) is 78.4 Å². The predicted molar refractivity (Wildman–Crippen MR) is 87.3 cm³/mol. The van der Waals surface area contributed by atoms with E-state index in [1.165, 1.54) is 19.3 Å². The summed E-state index contributed by atoms with van der Waals surface area (Å²) in [4.78, 5) is 23.8. The number of aliphatic hydroxyl groups excluding tert-OH is 1. The Bertz CT molecular complexity index is 357. The normalized spacial score (nSPS) is 17.8. The molecule has 1 fully saturated rings. The van der Waals surface area contributed by atoms with E-state index in [0.717, 1.165) is 12.8 Å². The fraction of sp³-hybridized carbons (Fsp3) is 0.882. The molecule has 128 valence electrons. The van der Waals surface area contributed by atoms with Crippen LogP contribution in [-0.2, 0) is 9.59 Å². The molecule has 1 saturated carbocycles. The SMILES string of the molecule is CC(C)(C)CC(=O)NCC(=O)NC(CCO)C1CCCCC1. The molecule has 1 unspecified atom stereocenters. The van der Waals surface area contributed by atoms with Gasteiger partial charge >= 0.3 is 0 Å². The fourth-order valence-corrected chi connectivity index (χ4v) is 3.08. The molecule has 22 heavy (non-hydrogen) atoms. The maximum atomic E-state index is 12.0. The summed E-state index contributed by atoms with van der Waals surface area (Å²) in [6.07, 6.45) is 6.88. The first-order valence-corrected chi connectivity index (χ1v) is 8.49. The molecular weight excluding hydrogens is 280 g/mol. The number of rotatable bonds is 7. The first-order valence-electron chi connectivity index (χ1n) is 8.49. The van der Waals surface area contributed by atoms with Gasteiger partial charge in [0.05, 0.1) is 6.54 Å². The second kappa shape index (κ2) is 9.13. The number of amides is 2. The number of hydrogen-bond donors (Lipinski definition) is 3. The van der Waals surface area contributed by atoms with Gasteiger partial charge in [-0.15, -0.1) is 0 Å². The average Bonchev–Trinajstić information content (AvgIpc) is 2.44. The van der Waals surface area contributed by atoms with E-state index in [1.54, 1.807) is 0 Å². The van der Waals surface area contributed by atoms with Gasteiger partial charge in [0.1, 0.15) is 0 Å². The second-order valence-electron chi connectivity index (χ2n) is 7.60. The van der Waals surface area contributed by atoms with E-state index in [2.05, 4.69) is 10.6 Å². The third kappa shape index (κ3) is 7.78. The molecule has 0 aromatic heterocycles. The van der Waals surface area contributed by atoms with Crippen molar-refractivity contribution in [3.63, 3.8) is 0 Å². The Kier molecular flexibility index (Phi) is 7.87. The zero-order chi connectivity index (χ0) is 16.6. The molecule has 1 aliphatic rings. The Labute approximate surface area is 134 Å². The summed E-state index contributed by atoms with van der Waals surface area (Å²) in [6, 6.07) is 0.0253. The molecule has 0 bridgehead atoms. The zero-order valence-corrected chi connectivity index (χ0v) is 14.3. The van der Waals surface area contributed by atoms with Crippen LogP contribution < -0.4 is 10.6 Å². The number of aliphatic hydroxyl groups is 1. The Hall–Kier alpha value is -1.10. The van der Waals surface area contributed by atoms with Crippen molar-refractivity contribution in [3.8, 4) is 0 Å². The molecule has 5 heteroatoms. The van der Waals surface area contributed by atoms with E-state index in [1.807, 2.05) is 20.8 Å². The van der Waals surface area contributed by atoms with Crippen LogP contribution in [0, 0.1) is 11.3 Å². The van der Waals surface area contributed by atoms with Crippen LogP contribution in [0.25, 0.3) is 0 Å². The molecule has 1 atom stereocenters. The molecule has 0 saturated heterocycles. The molecule has 0 spiro atoms. The minimum absolute atomic E-state index is 0.0174. The molecule has 0 heterocycles. The standard InChI is InChI=1S/C17H32N2O3/c1-17(2,3)11-15(21)18-12-16(22)19-14(9-10-20)13-7-5-4-6-8-13/h13-14,20H,4-12H2,1-3H3,(H,18,21)(H,19,22). The van der Waals surface area contributed by atoms with Crippen molar-refractivity contribution in [1.82, 2.24) is 10.6 Å². The Morgan fingerprint density at radius 2 is 1.77 bits per heavy atom. The quantitative estimate of drug-likeness (QED) is 0.672. The van der Waals surface area contributed by atoms with Crippen molar-refractivity contribution >= 4 is 11.8 Å². The summed E-state index contributed by atoms with van der Waals surface area (Å²) in [5.74, 6) is 0.195. The van der Waals surface area contributed by atoms with Crippen molar-refractivity contribution in [1.29, 1.82) is 0 Å². The highest BCUT2D eigenvalue weighted by Gasteiger charge is 2.25. The fourth-order valence-electron chi connectivity index (χ4n) is 3.08. The van der Waals surface area contributed by atoms with Crippen LogP contribution in [0.15, 0.2) is 0 Å². The lowest BCUT2D eigenvalue weighted by Gasteiger charge is -2.30. The molecular formula is C17H32N2O3. The molecule has 0 radical (unpaired) electrons. The van der Waals surface area contributed by atoms with Crippen molar-refractivity contribution < 1.29 is 14.7 Å². The van der Waals surface area contributed by atoms with E-state index in [4.69, 9.17) is 0 Å². The van der Waals surface area contributed by atoms with Gasteiger partial charge in [-0.2, -0.15) is 0 Å². The summed E-state index contributed by atoms with van der Waals surface area (Å²) >= 11 is 0. The second-order valence-corrected chi connectivity index (χ2v) is 7.60. The van der Waals surface area contributed by atoms with Crippen molar-refractivity contribution in [2.45, 2.75) is 71.8 Å². The summed E-state index contributed by atoms with van der Waals surface area (Å²) in [5.41, 5.74) is -0.0813. The Morgan fingerprint density at radius 3 is 2.32 bits per heavy atom. The van der Waals surface area contributed by atoms with Crippen LogP contribution in [0.2, 0.25) is 0 Å². The summed E-state index contributed by atoms with van der Waals surface area (Å²) in [6.45, 7) is 6.08. The molecule has 0 aliphatic heterocycles. The van der Waals surface area contributed by atoms with Gasteiger partial charge in [0.15, 0.2) is 0 Å². The monoisotopic (exact) mass is 312 g/mol. The first-order chi connectivity index (χ1) is 10.3. The third-order valence-electron chi connectivity index (χ3n) is 4.14. The van der Waals surface area contributed by atoms with Crippen molar-refractivity contribution in [3.05, 3.63) is 0 Å². The van der Waals surface area contributed by atoms with Crippen LogP contribution >= 0.6 is 0 Å².